The fourth-order valence-corrected chi connectivity index (χ4v) is 3.06. The van der Waals surface area contributed by atoms with Crippen molar-refractivity contribution in [3.05, 3.63) is 12.7 Å². The molecule has 1 aliphatic heterocycles. The van der Waals surface area contributed by atoms with E-state index in [0.29, 0.717) is 30.1 Å². The Morgan fingerprint density at radius 2 is 2.12 bits per heavy atom. The molecule has 0 amide bonds. The van der Waals surface area contributed by atoms with Crippen LogP contribution in [0.3, 0.4) is 0 Å². The molecule has 12 nitrogen and oxygen atoms in total. The van der Waals surface area contributed by atoms with E-state index in [4.69, 9.17) is 9.47 Å². The molecule has 3 heterocycles. The van der Waals surface area contributed by atoms with Crippen molar-refractivity contribution < 1.29 is 28.1 Å². The highest BCUT2D eigenvalue weighted by Gasteiger charge is 2.44. The van der Waals surface area contributed by atoms with Gasteiger partial charge >= 0.3 is 0 Å². The highest BCUT2D eigenvalue weighted by molar-refractivity contribution is 7.70. The Kier molecular flexibility index (Phi) is 5.95. The number of hydrogen-bond donors (Lipinski definition) is 5. The molecule has 13 heteroatoms. The number of anilines is 1. The zero-order valence-corrected chi connectivity index (χ0v) is 14.7. The number of nitrogens with zero attached hydrogens (tertiary/aromatic N) is 4. The van der Waals surface area contributed by atoms with Crippen molar-refractivity contribution in [2.24, 2.45) is 0 Å². The Labute approximate surface area is 150 Å². The lowest BCUT2D eigenvalue weighted by Gasteiger charge is -2.16. The molecule has 4 N–H and O–H groups in total. The highest BCUT2D eigenvalue weighted by atomic mass is 32.2. The largest absolute Gasteiger partial charge is 0.387 e. The Hall–Kier alpha value is -1.90. The van der Waals surface area contributed by atoms with Gasteiger partial charge in [0.1, 0.15) is 24.6 Å². The molecule has 0 aliphatic carbocycles. The third-order valence-corrected chi connectivity index (χ3v) is 4.43. The van der Waals surface area contributed by atoms with Gasteiger partial charge in [-0.3, -0.25) is 4.57 Å². The van der Waals surface area contributed by atoms with Crippen LogP contribution in [0.25, 0.3) is 11.2 Å². The SMILES string of the molecule is COCCNc1ncnc2c1ncn2[C@@H]1O[C@H](CN[SH](=O)=O)[C@@H](O)[C@H]1O. The zero-order chi connectivity index (χ0) is 18.7. The van der Waals surface area contributed by atoms with Crippen LogP contribution in [0.2, 0.25) is 0 Å². The number of ether oxygens (including phenoxy) is 2. The summed E-state index contributed by atoms with van der Waals surface area (Å²) in [6, 6.07) is 0. The quantitative estimate of drug-likeness (QED) is 0.244. The van der Waals surface area contributed by atoms with Crippen LogP contribution >= 0.6 is 0 Å². The topological polar surface area (TPSA) is 161 Å². The lowest BCUT2D eigenvalue weighted by atomic mass is 10.1. The summed E-state index contributed by atoms with van der Waals surface area (Å²) in [5.74, 6) is 0.500. The van der Waals surface area contributed by atoms with E-state index in [1.165, 1.54) is 17.2 Å². The molecule has 2 aromatic rings. The number of aromatic nitrogens is 4. The summed E-state index contributed by atoms with van der Waals surface area (Å²) in [5.41, 5.74) is 0.873. The van der Waals surface area contributed by atoms with Gasteiger partial charge in [-0.15, -0.1) is 0 Å². The lowest BCUT2D eigenvalue weighted by molar-refractivity contribution is -0.0329. The van der Waals surface area contributed by atoms with Crippen molar-refractivity contribution in [2.45, 2.75) is 24.5 Å². The summed E-state index contributed by atoms with van der Waals surface area (Å²) in [6.07, 6.45) is -1.64. The monoisotopic (exact) mass is 388 g/mol. The van der Waals surface area contributed by atoms with Gasteiger partial charge in [0.25, 0.3) is 0 Å². The highest BCUT2D eigenvalue weighted by Crippen LogP contribution is 2.32. The van der Waals surface area contributed by atoms with Crippen LogP contribution in [0.1, 0.15) is 6.23 Å². The molecular formula is C13H20N6O6S. The lowest BCUT2D eigenvalue weighted by Crippen LogP contribution is -2.37. The summed E-state index contributed by atoms with van der Waals surface area (Å²) in [7, 11) is -1.24. The molecule has 26 heavy (non-hydrogen) atoms. The normalized spacial score (nSPS) is 26.0. The first kappa shape index (κ1) is 18.9. The number of aliphatic hydroxyl groups excluding tert-OH is 2. The third kappa shape index (κ3) is 3.77. The summed E-state index contributed by atoms with van der Waals surface area (Å²) in [6.45, 7) is 0.857. The van der Waals surface area contributed by atoms with E-state index in [0.717, 1.165) is 0 Å². The van der Waals surface area contributed by atoms with E-state index < -0.39 is 35.4 Å². The Bertz CT molecular complexity index is 821. The standard InChI is InChI=1S/C13H20N6O6S/c1-24-3-2-14-11-8-12(16-5-15-11)19(6-17-8)13-10(21)9(20)7(25-13)4-18-26(22)23/h5-7,9-10,13,20-21,26H,2-4H2,1H3,(H,14,15,16)(H,18,22,23)/t7-,9-,10-,13-/m1/s1. The van der Waals surface area contributed by atoms with Crippen LogP contribution in [-0.2, 0) is 20.4 Å². The van der Waals surface area contributed by atoms with Gasteiger partial charge in [0.2, 0.25) is 10.9 Å². The molecule has 0 radical (unpaired) electrons. The number of aliphatic hydroxyl groups is 2. The Morgan fingerprint density at radius 3 is 2.85 bits per heavy atom. The molecule has 1 saturated heterocycles. The number of nitrogens with one attached hydrogen (secondary N) is 2. The Morgan fingerprint density at radius 1 is 1.31 bits per heavy atom. The minimum atomic E-state index is -2.83. The van der Waals surface area contributed by atoms with Gasteiger partial charge in [0.15, 0.2) is 23.2 Å². The second-order valence-corrected chi connectivity index (χ2v) is 6.46. The van der Waals surface area contributed by atoms with E-state index in [1.54, 1.807) is 7.11 Å². The summed E-state index contributed by atoms with van der Waals surface area (Å²) >= 11 is 0. The second-order valence-electron chi connectivity index (χ2n) is 5.63. The van der Waals surface area contributed by atoms with Crippen molar-refractivity contribution in [1.29, 1.82) is 0 Å². The molecule has 4 atom stereocenters. The average molecular weight is 388 g/mol. The van der Waals surface area contributed by atoms with Crippen molar-refractivity contribution in [3.8, 4) is 0 Å². The van der Waals surface area contributed by atoms with Crippen LogP contribution in [-0.4, -0.2) is 83.3 Å². The van der Waals surface area contributed by atoms with E-state index in [9.17, 15) is 18.6 Å². The maximum atomic E-state index is 10.7. The maximum Gasteiger partial charge on any atom is 0.201 e. The van der Waals surface area contributed by atoms with Crippen LogP contribution in [0, 0.1) is 0 Å². The van der Waals surface area contributed by atoms with E-state index >= 15 is 0 Å². The zero-order valence-electron chi connectivity index (χ0n) is 13.8. The number of fused-ring (bicyclic) bond motifs is 1. The third-order valence-electron chi connectivity index (χ3n) is 3.99. The van der Waals surface area contributed by atoms with Crippen molar-refractivity contribution >= 4 is 27.9 Å². The molecule has 144 valence electrons. The van der Waals surface area contributed by atoms with Crippen LogP contribution in [0.4, 0.5) is 5.82 Å². The molecule has 0 saturated carbocycles. The fourth-order valence-electron chi connectivity index (χ4n) is 2.73. The first-order chi connectivity index (χ1) is 12.5. The van der Waals surface area contributed by atoms with Crippen molar-refractivity contribution in [1.82, 2.24) is 24.2 Å². The van der Waals surface area contributed by atoms with Gasteiger partial charge < -0.3 is 25.0 Å². The number of imidazole rings is 1. The van der Waals surface area contributed by atoms with Gasteiger partial charge in [-0.2, -0.15) is 0 Å². The summed E-state index contributed by atoms with van der Waals surface area (Å²) in [5, 5.41) is 23.5. The van der Waals surface area contributed by atoms with Gasteiger partial charge in [-0.25, -0.2) is 28.1 Å². The summed E-state index contributed by atoms with van der Waals surface area (Å²) < 4.78 is 35.5. The van der Waals surface area contributed by atoms with Crippen LogP contribution in [0.5, 0.6) is 0 Å². The molecule has 2 aromatic heterocycles. The molecule has 0 aromatic carbocycles. The van der Waals surface area contributed by atoms with E-state index in [-0.39, 0.29) is 6.54 Å². The minimum Gasteiger partial charge on any atom is -0.387 e. The smallest absolute Gasteiger partial charge is 0.201 e. The molecule has 1 fully saturated rings. The molecule has 0 bridgehead atoms. The second kappa shape index (κ2) is 8.20. The summed E-state index contributed by atoms with van der Waals surface area (Å²) in [4.78, 5) is 12.5. The van der Waals surface area contributed by atoms with Crippen molar-refractivity contribution in [2.75, 3.05) is 32.1 Å². The van der Waals surface area contributed by atoms with E-state index in [1.807, 2.05) is 0 Å². The predicted octanol–water partition coefficient (Wildman–Crippen LogP) is -2.38. The Balaban J connectivity index is 1.83. The molecule has 1 aliphatic rings. The molecule has 0 unspecified atom stereocenters. The fraction of sp³-hybridized carbons (Fsp3) is 0.615. The van der Waals surface area contributed by atoms with Gasteiger partial charge in [-0.1, -0.05) is 0 Å². The first-order valence-corrected chi connectivity index (χ1v) is 9.00. The number of hydrogen-bond acceptors (Lipinski definition) is 10. The number of thiol groups is 1. The van der Waals surface area contributed by atoms with Crippen LogP contribution in [0.15, 0.2) is 12.7 Å². The number of rotatable bonds is 8. The predicted molar refractivity (Wildman–Crippen MR) is 89.9 cm³/mol. The molecule has 0 spiro atoms. The van der Waals surface area contributed by atoms with Gasteiger partial charge in [0, 0.05) is 20.2 Å². The van der Waals surface area contributed by atoms with E-state index in [2.05, 4.69) is 25.0 Å². The number of methoxy groups -OCH3 is 1. The van der Waals surface area contributed by atoms with Gasteiger partial charge in [0.05, 0.1) is 12.9 Å². The molecule has 3 rings (SSSR count). The molecular weight excluding hydrogens is 368 g/mol. The van der Waals surface area contributed by atoms with Crippen molar-refractivity contribution in [3.63, 3.8) is 0 Å². The maximum absolute atomic E-state index is 10.7. The minimum absolute atomic E-state index is 0.154. The first-order valence-electron chi connectivity index (χ1n) is 7.82. The van der Waals surface area contributed by atoms with Crippen LogP contribution < -0.4 is 10.0 Å². The average Bonchev–Trinajstić information content (AvgIpc) is 3.16. The van der Waals surface area contributed by atoms with Gasteiger partial charge in [-0.05, 0) is 0 Å².